The Bertz CT molecular complexity index is 1070. The number of carbonyl (C=O) groups excluding carboxylic acids is 3. The number of aromatic nitrogens is 2. The molecule has 1 atom stereocenters. The number of aryl methyl sites for hydroxylation is 2. The number of carbonyl (C=O) groups is 3. The molecule has 2 amide bonds. The van der Waals surface area contributed by atoms with Crippen LogP contribution in [-0.4, -0.2) is 33.7 Å². The summed E-state index contributed by atoms with van der Waals surface area (Å²) < 4.78 is 6.94. The Labute approximate surface area is 177 Å². The number of ether oxygens (including phenoxy) is 1. The van der Waals surface area contributed by atoms with Crippen molar-refractivity contribution in [1.29, 1.82) is 0 Å². The van der Waals surface area contributed by atoms with Crippen molar-refractivity contribution in [3.63, 3.8) is 0 Å². The maximum Gasteiger partial charge on any atom is 0.338 e. The minimum absolute atomic E-state index is 0.216. The predicted molar refractivity (Wildman–Crippen MR) is 115 cm³/mol. The summed E-state index contributed by atoms with van der Waals surface area (Å²) in [5.74, 6) is -1.29. The summed E-state index contributed by atoms with van der Waals surface area (Å²) in [7, 11) is 1.79. The molecule has 1 unspecified atom stereocenters. The van der Waals surface area contributed by atoms with Crippen LogP contribution in [0.4, 0.5) is 11.4 Å². The smallest absolute Gasteiger partial charge is 0.338 e. The molecular weight excluding hydrogens is 404 g/mol. The predicted octanol–water partition coefficient (Wildman–Crippen LogP) is 3.53. The summed E-state index contributed by atoms with van der Waals surface area (Å²) in [6.07, 6.45) is -0.991. The van der Waals surface area contributed by atoms with E-state index in [1.54, 1.807) is 42.9 Å². The summed E-state index contributed by atoms with van der Waals surface area (Å²) >= 11 is 1.34. The molecule has 0 aliphatic heterocycles. The van der Waals surface area contributed by atoms with Gasteiger partial charge in [-0.05, 0) is 56.5 Å². The summed E-state index contributed by atoms with van der Waals surface area (Å²) in [4.78, 5) is 37.4. The number of anilines is 2. The van der Waals surface area contributed by atoms with Crippen molar-refractivity contribution in [2.24, 2.45) is 7.05 Å². The van der Waals surface area contributed by atoms with Crippen molar-refractivity contribution in [3.8, 4) is 0 Å². The first-order valence-corrected chi connectivity index (χ1v) is 10.1. The molecule has 2 N–H and O–H groups in total. The molecule has 0 radical (unpaired) electrons. The highest BCUT2D eigenvalue weighted by Crippen LogP contribution is 2.19. The molecule has 3 aromatic rings. The van der Waals surface area contributed by atoms with Crippen LogP contribution in [0.1, 0.15) is 38.3 Å². The van der Waals surface area contributed by atoms with E-state index < -0.39 is 18.0 Å². The highest BCUT2D eigenvalue weighted by atomic mass is 32.1. The largest absolute Gasteiger partial charge is 0.449 e. The molecule has 0 aliphatic rings. The molecule has 0 saturated carbocycles. The third kappa shape index (κ3) is 4.74. The Morgan fingerprint density at radius 1 is 1.10 bits per heavy atom. The fraction of sp³-hybridized carbons (Fsp3) is 0.238. The number of esters is 1. The lowest BCUT2D eigenvalue weighted by molar-refractivity contribution is -0.123. The van der Waals surface area contributed by atoms with E-state index in [1.165, 1.54) is 30.4 Å². The second-order valence-electron chi connectivity index (χ2n) is 6.71. The first-order chi connectivity index (χ1) is 14.3. The molecule has 8 nitrogen and oxygen atoms in total. The Kier molecular flexibility index (Phi) is 6.31. The van der Waals surface area contributed by atoms with Crippen molar-refractivity contribution in [3.05, 3.63) is 63.6 Å². The summed E-state index contributed by atoms with van der Waals surface area (Å²) in [6.45, 7) is 5.13. The van der Waals surface area contributed by atoms with Crippen LogP contribution in [0.25, 0.3) is 0 Å². The van der Waals surface area contributed by atoms with Crippen LogP contribution in [0.3, 0.4) is 0 Å². The van der Waals surface area contributed by atoms with Gasteiger partial charge in [-0.15, -0.1) is 11.3 Å². The Morgan fingerprint density at radius 3 is 2.37 bits per heavy atom. The second kappa shape index (κ2) is 8.91. The minimum Gasteiger partial charge on any atom is -0.449 e. The van der Waals surface area contributed by atoms with Crippen LogP contribution in [0.15, 0.2) is 41.8 Å². The van der Waals surface area contributed by atoms with Gasteiger partial charge >= 0.3 is 5.97 Å². The van der Waals surface area contributed by atoms with Crippen molar-refractivity contribution in [2.75, 3.05) is 10.6 Å². The fourth-order valence-electron chi connectivity index (χ4n) is 2.75. The average molecular weight is 426 g/mol. The van der Waals surface area contributed by atoms with Crippen LogP contribution < -0.4 is 10.6 Å². The Balaban J connectivity index is 1.58. The van der Waals surface area contributed by atoms with Crippen molar-refractivity contribution in [2.45, 2.75) is 26.9 Å². The number of nitrogens with zero attached hydrogens (tertiary/aromatic N) is 2. The van der Waals surface area contributed by atoms with Gasteiger partial charge in [0, 0.05) is 12.7 Å². The van der Waals surface area contributed by atoms with Crippen LogP contribution in [-0.2, 0) is 16.6 Å². The average Bonchev–Trinajstić information content (AvgIpc) is 3.33. The Morgan fingerprint density at radius 2 is 1.80 bits per heavy atom. The van der Waals surface area contributed by atoms with Gasteiger partial charge in [0.15, 0.2) is 6.10 Å². The molecule has 2 heterocycles. The van der Waals surface area contributed by atoms with E-state index >= 15 is 0 Å². The lowest BCUT2D eigenvalue weighted by Crippen LogP contribution is -2.30. The van der Waals surface area contributed by atoms with E-state index in [-0.39, 0.29) is 11.5 Å². The van der Waals surface area contributed by atoms with Crippen LogP contribution >= 0.6 is 11.3 Å². The molecule has 0 fully saturated rings. The normalized spacial score (nSPS) is 11.6. The lowest BCUT2D eigenvalue weighted by atomic mass is 10.2. The maximum absolute atomic E-state index is 12.4. The zero-order valence-electron chi connectivity index (χ0n) is 17.1. The molecule has 0 bridgehead atoms. The Hall–Kier alpha value is -3.46. The van der Waals surface area contributed by atoms with Gasteiger partial charge in [0.25, 0.3) is 11.8 Å². The highest BCUT2D eigenvalue weighted by molar-refractivity contribution is 7.12. The molecule has 9 heteroatoms. The number of nitrogens with one attached hydrogen (secondary N) is 2. The standard InChI is InChI=1S/C21H22N4O4S/c1-12-18(13(2)25(4)24-12)23-19(26)14(3)29-21(28)15-7-9-16(10-8-15)22-20(27)17-6-5-11-30-17/h5-11,14H,1-4H3,(H,22,27)(H,23,26). The molecule has 3 rings (SSSR count). The minimum atomic E-state index is -0.991. The zero-order valence-corrected chi connectivity index (χ0v) is 17.9. The molecule has 0 saturated heterocycles. The van der Waals surface area contributed by atoms with E-state index in [0.717, 1.165) is 5.69 Å². The molecule has 0 spiro atoms. The third-order valence-electron chi connectivity index (χ3n) is 4.53. The summed E-state index contributed by atoms with van der Waals surface area (Å²) in [6, 6.07) is 9.81. The van der Waals surface area contributed by atoms with E-state index in [0.29, 0.717) is 21.9 Å². The van der Waals surface area contributed by atoms with Gasteiger partial charge in [-0.3, -0.25) is 14.3 Å². The van der Waals surface area contributed by atoms with Gasteiger partial charge in [-0.25, -0.2) is 4.79 Å². The van der Waals surface area contributed by atoms with Gasteiger partial charge in [0.05, 0.1) is 27.5 Å². The second-order valence-corrected chi connectivity index (χ2v) is 7.66. The van der Waals surface area contributed by atoms with Crippen molar-refractivity contribution in [1.82, 2.24) is 9.78 Å². The quantitative estimate of drug-likeness (QED) is 0.587. The van der Waals surface area contributed by atoms with Gasteiger partial charge < -0.3 is 15.4 Å². The number of rotatable bonds is 6. The number of amides is 2. The lowest BCUT2D eigenvalue weighted by Gasteiger charge is -2.14. The monoisotopic (exact) mass is 426 g/mol. The molecular formula is C21H22N4O4S. The number of thiophene rings is 1. The van der Waals surface area contributed by atoms with E-state index in [1.807, 2.05) is 12.3 Å². The number of hydrogen-bond donors (Lipinski definition) is 2. The maximum atomic E-state index is 12.4. The molecule has 30 heavy (non-hydrogen) atoms. The zero-order chi connectivity index (χ0) is 21.8. The summed E-state index contributed by atoms with van der Waals surface area (Å²) in [5, 5.41) is 11.6. The van der Waals surface area contributed by atoms with Crippen LogP contribution in [0, 0.1) is 13.8 Å². The molecule has 1 aromatic carbocycles. The van der Waals surface area contributed by atoms with E-state index in [4.69, 9.17) is 4.74 Å². The third-order valence-corrected chi connectivity index (χ3v) is 5.40. The summed E-state index contributed by atoms with van der Waals surface area (Å²) in [5.41, 5.74) is 2.92. The van der Waals surface area contributed by atoms with Crippen molar-refractivity contribution < 1.29 is 19.1 Å². The van der Waals surface area contributed by atoms with Gasteiger partial charge in [0.1, 0.15) is 0 Å². The van der Waals surface area contributed by atoms with Crippen molar-refractivity contribution >= 4 is 40.5 Å². The fourth-order valence-corrected chi connectivity index (χ4v) is 3.37. The van der Waals surface area contributed by atoms with E-state index in [9.17, 15) is 14.4 Å². The van der Waals surface area contributed by atoms with E-state index in [2.05, 4.69) is 15.7 Å². The molecule has 156 valence electrons. The molecule has 0 aliphatic carbocycles. The number of hydrogen-bond acceptors (Lipinski definition) is 6. The highest BCUT2D eigenvalue weighted by Gasteiger charge is 2.21. The van der Waals surface area contributed by atoms with Crippen LogP contribution in [0.2, 0.25) is 0 Å². The van der Waals surface area contributed by atoms with Gasteiger partial charge in [-0.2, -0.15) is 5.10 Å². The topological polar surface area (TPSA) is 102 Å². The van der Waals surface area contributed by atoms with Gasteiger partial charge in [0.2, 0.25) is 0 Å². The SMILES string of the molecule is Cc1nn(C)c(C)c1NC(=O)C(C)OC(=O)c1ccc(NC(=O)c2cccs2)cc1. The number of benzene rings is 1. The molecule has 2 aromatic heterocycles. The first kappa shape index (κ1) is 21.3. The van der Waals surface area contributed by atoms with Crippen LogP contribution in [0.5, 0.6) is 0 Å². The first-order valence-electron chi connectivity index (χ1n) is 9.23. The van der Waals surface area contributed by atoms with Gasteiger partial charge in [-0.1, -0.05) is 6.07 Å².